The fourth-order valence-electron chi connectivity index (χ4n) is 9.17. The summed E-state index contributed by atoms with van der Waals surface area (Å²) in [6, 6.07) is 46.0. The molecule has 0 atom stereocenters. The summed E-state index contributed by atoms with van der Waals surface area (Å²) in [5.74, 6) is 1.89. The van der Waals surface area contributed by atoms with Crippen LogP contribution in [-0.4, -0.2) is 82.3 Å². The summed E-state index contributed by atoms with van der Waals surface area (Å²) in [6.07, 6.45) is 0. The predicted molar refractivity (Wildman–Crippen MR) is 285 cm³/mol. The Hall–Kier alpha value is -6.47. The van der Waals surface area contributed by atoms with Gasteiger partial charge >= 0.3 is 0 Å². The molecule has 0 saturated carbocycles. The molecule has 0 bridgehead atoms. The minimum absolute atomic E-state index is 0.157. The van der Waals surface area contributed by atoms with E-state index in [4.69, 9.17) is 77.7 Å². The van der Waals surface area contributed by atoms with Crippen LogP contribution in [0, 0.1) is 0 Å². The first kappa shape index (κ1) is 40.1. The van der Waals surface area contributed by atoms with E-state index >= 15 is 0 Å². The maximum absolute atomic E-state index is 6.72. The molecule has 0 unspecified atom stereocenters. The van der Waals surface area contributed by atoms with Crippen LogP contribution in [0.3, 0.4) is 0 Å². The highest BCUT2D eigenvalue weighted by Gasteiger charge is 2.23. The van der Waals surface area contributed by atoms with Crippen LogP contribution in [0.2, 0.25) is 0 Å². The van der Waals surface area contributed by atoms with Crippen molar-refractivity contribution in [3.8, 4) is 51.0 Å². The summed E-state index contributed by atoms with van der Waals surface area (Å²) in [6.45, 7) is 0. The fraction of sp³-hybridized carbons (Fsp3) is 0. The molecular formula is C51H22B8N4S2. The van der Waals surface area contributed by atoms with Gasteiger partial charge in [-0.25, -0.2) is 15.0 Å². The monoisotopic (exact) mass is 842 g/mol. The lowest BCUT2D eigenvalue weighted by molar-refractivity contribution is 1.08. The van der Waals surface area contributed by atoms with Gasteiger partial charge in [-0.15, -0.1) is 44.5 Å². The van der Waals surface area contributed by atoms with Gasteiger partial charge in [0, 0.05) is 73.8 Å². The molecule has 4 nitrogen and oxygen atoms in total. The van der Waals surface area contributed by atoms with Gasteiger partial charge in [0.1, 0.15) is 62.8 Å². The van der Waals surface area contributed by atoms with Crippen LogP contribution in [0.25, 0.3) is 113 Å². The Morgan fingerprint density at radius 3 is 1.37 bits per heavy atom. The standard InChI is InChI=1S/C51H22B8N4S2/c52-39-37-38-40(53)42(55)44(57)46(59)48(38)63(47(37)45(58)43(56)41(39)54)27-16-19-29-28-17-14-25(20-33(28)65-35(29)22-27)26-15-18-30-34(21-26)64-32-13-7-12-31(36(30)32)51-61-49(23-8-3-1-4-9-23)60-50(62-51)24-10-5-2-6-11-24/h1-22H. The molecule has 4 heterocycles. The number of aromatic nitrogens is 4. The zero-order valence-corrected chi connectivity index (χ0v) is 36.1. The molecule has 0 amide bonds. The van der Waals surface area contributed by atoms with Crippen molar-refractivity contribution in [1.29, 1.82) is 0 Å². The molecule has 65 heavy (non-hydrogen) atoms. The van der Waals surface area contributed by atoms with Crippen molar-refractivity contribution in [3.63, 3.8) is 0 Å². The molecule has 4 aromatic heterocycles. The van der Waals surface area contributed by atoms with Crippen LogP contribution in [-0.2, 0) is 0 Å². The molecular weight excluding hydrogens is 819 g/mol. The zero-order valence-electron chi connectivity index (χ0n) is 34.4. The lowest BCUT2D eigenvalue weighted by Crippen LogP contribution is -2.49. The third-order valence-electron chi connectivity index (χ3n) is 12.4. The predicted octanol–water partition coefficient (Wildman–Crippen LogP) is 4.72. The van der Waals surface area contributed by atoms with E-state index in [1.54, 1.807) is 22.7 Å². The molecule has 16 radical (unpaired) electrons. The first-order chi connectivity index (χ1) is 31.5. The summed E-state index contributed by atoms with van der Waals surface area (Å²) in [7, 11) is 52.3. The van der Waals surface area contributed by atoms with Gasteiger partial charge in [0.05, 0.1) is 0 Å². The molecule has 0 saturated heterocycles. The Labute approximate surface area is 392 Å². The Kier molecular flexibility index (Phi) is 9.28. The van der Waals surface area contributed by atoms with Gasteiger partial charge in [0.2, 0.25) is 0 Å². The third-order valence-corrected chi connectivity index (χ3v) is 14.7. The summed E-state index contributed by atoms with van der Waals surface area (Å²) < 4.78 is 6.41. The largest absolute Gasteiger partial charge is 0.310 e. The normalized spacial score (nSPS) is 11.9. The quantitative estimate of drug-likeness (QED) is 0.236. The number of hydrogen-bond donors (Lipinski definition) is 0. The molecule has 0 aliphatic carbocycles. The van der Waals surface area contributed by atoms with E-state index in [0.29, 0.717) is 39.3 Å². The molecule has 0 fully saturated rings. The Balaban J connectivity index is 0.972. The number of benzene rings is 8. The molecule has 12 aromatic rings. The van der Waals surface area contributed by atoms with Crippen molar-refractivity contribution in [1.82, 2.24) is 19.5 Å². The van der Waals surface area contributed by atoms with Crippen molar-refractivity contribution in [2.24, 2.45) is 0 Å². The summed E-state index contributed by atoms with van der Waals surface area (Å²) in [4.78, 5) is 15.0. The van der Waals surface area contributed by atoms with Gasteiger partial charge in [0.25, 0.3) is 0 Å². The van der Waals surface area contributed by atoms with Crippen molar-refractivity contribution >= 4 is 191 Å². The van der Waals surface area contributed by atoms with Crippen LogP contribution >= 0.6 is 22.7 Å². The molecule has 0 aliphatic heterocycles. The second kappa shape index (κ2) is 15.0. The second-order valence-corrected chi connectivity index (χ2v) is 18.3. The van der Waals surface area contributed by atoms with E-state index in [1.807, 2.05) is 71.3 Å². The Morgan fingerprint density at radius 2 is 0.800 bits per heavy atom. The maximum atomic E-state index is 6.72. The number of rotatable bonds is 5. The van der Waals surface area contributed by atoms with Gasteiger partial charge in [-0.3, -0.25) is 0 Å². The number of nitrogens with zero attached hydrogens (tertiary/aromatic N) is 4. The molecule has 8 aromatic carbocycles. The van der Waals surface area contributed by atoms with E-state index in [0.717, 1.165) is 69.1 Å². The molecule has 0 N–H and O–H groups in total. The highest BCUT2D eigenvalue weighted by molar-refractivity contribution is 7.26. The Bertz CT molecular complexity index is 3860. The van der Waals surface area contributed by atoms with Crippen LogP contribution in [0.1, 0.15) is 0 Å². The SMILES string of the molecule is [B]c1c([B])c([B])c2c(c1[B])c1c([B])c([B])c([B])c([B])c1n2-c1ccc2c(c1)sc1cc(-c3ccc4c(c3)sc3cccc(-c5nc(-c6ccccc6)nc(-c6ccccc6)n5)c34)ccc12. The summed E-state index contributed by atoms with van der Waals surface area (Å²) >= 11 is 3.46. The number of fused-ring (bicyclic) bond motifs is 9. The van der Waals surface area contributed by atoms with E-state index in [1.165, 1.54) is 4.70 Å². The molecule has 0 spiro atoms. The Morgan fingerprint density at radius 1 is 0.338 bits per heavy atom. The van der Waals surface area contributed by atoms with E-state index in [-0.39, 0.29) is 43.7 Å². The molecule has 12 rings (SSSR count). The van der Waals surface area contributed by atoms with Gasteiger partial charge in [-0.2, -0.15) is 0 Å². The molecule has 0 aliphatic rings. The number of hydrogen-bond acceptors (Lipinski definition) is 5. The fourth-order valence-corrected chi connectivity index (χ4v) is 11.5. The second-order valence-electron chi connectivity index (χ2n) is 16.1. The first-order valence-corrected chi connectivity index (χ1v) is 22.3. The first-order valence-electron chi connectivity index (χ1n) is 20.7. The van der Waals surface area contributed by atoms with E-state index in [9.17, 15) is 0 Å². The van der Waals surface area contributed by atoms with Crippen LogP contribution in [0.5, 0.6) is 0 Å². The van der Waals surface area contributed by atoms with Crippen LogP contribution in [0.4, 0.5) is 0 Å². The van der Waals surface area contributed by atoms with Gasteiger partial charge in [-0.1, -0.05) is 125 Å². The lowest BCUT2D eigenvalue weighted by atomic mass is 9.63. The topological polar surface area (TPSA) is 43.6 Å². The number of thiophene rings is 2. The molecule has 14 heteroatoms. The van der Waals surface area contributed by atoms with Gasteiger partial charge in [-0.05, 0) is 52.2 Å². The van der Waals surface area contributed by atoms with E-state index in [2.05, 4.69) is 66.7 Å². The van der Waals surface area contributed by atoms with Crippen LogP contribution in [0.15, 0.2) is 133 Å². The van der Waals surface area contributed by atoms with Gasteiger partial charge in [0.15, 0.2) is 17.5 Å². The van der Waals surface area contributed by atoms with Gasteiger partial charge < -0.3 is 4.57 Å². The summed E-state index contributed by atoms with van der Waals surface area (Å²) in [5.41, 5.74) is 8.42. The molecule has 282 valence electrons. The maximum Gasteiger partial charge on any atom is 0.164 e. The average molecular weight is 841 g/mol. The highest BCUT2D eigenvalue weighted by atomic mass is 32.1. The zero-order chi connectivity index (χ0) is 44.4. The van der Waals surface area contributed by atoms with Crippen molar-refractivity contribution in [3.05, 3.63) is 133 Å². The average Bonchev–Trinajstić information content (AvgIpc) is 4.03. The van der Waals surface area contributed by atoms with Crippen LogP contribution < -0.4 is 43.7 Å². The van der Waals surface area contributed by atoms with E-state index < -0.39 is 0 Å². The summed E-state index contributed by atoms with van der Waals surface area (Å²) in [5, 5.41) is 5.52. The van der Waals surface area contributed by atoms with Crippen molar-refractivity contribution in [2.75, 3.05) is 0 Å². The smallest absolute Gasteiger partial charge is 0.164 e. The third kappa shape index (κ3) is 6.10. The minimum Gasteiger partial charge on any atom is -0.310 e. The lowest BCUT2D eigenvalue weighted by Gasteiger charge is -2.17. The van der Waals surface area contributed by atoms with Crippen molar-refractivity contribution < 1.29 is 0 Å². The van der Waals surface area contributed by atoms with Crippen molar-refractivity contribution in [2.45, 2.75) is 0 Å². The minimum atomic E-state index is 0.157. The highest BCUT2D eigenvalue weighted by Crippen LogP contribution is 2.43.